The van der Waals surface area contributed by atoms with E-state index in [4.69, 9.17) is 0 Å². The van der Waals surface area contributed by atoms with Crippen LogP contribution in [0.15, 0.2) is 12.7 Å². The van der Waals surface area contributed by atoms with Gasteiger partial charge < -0.3 is 4.90 Å². The Bertz CT molecular complexity index is 380. The lowest BCUT2D eigenvalue weighted by Crippen LogP contribution is -2.45. The summed E-state index contributed by atoms with van der Waals surface area (Å²) >= 11 is 0. The molecule has 0 bridgehead atoms. The molecular weight excluding hydrogens is 216 g/mol. The third-order valence-electron chi connectivity index (χ3n) is 3.14. The van der Waals surface area contributed by atoms with E-state index in [2.05, 4.69) is 10.1 Å². The maximum atomic E-state index is 12.2. The summed E-state index contributed by atoms with van der Waals surface area (Å²) in [7, 11) is 0. The summed E-state index contributed by atoms with van der Waals surface area (Å²) in [6.07, 6.45) is 5.38. The lowest BCUT2D eigenvalue weighted by Gasteiger charge is -2.36. The summed E-state index contributed by atoms with van der Waals surface area (Å²) in [5, 5.41) is 4.16. The summed E-state index contributed by atoms with van der Waals surface area (Å²) in [5.74, 6) is 0.224. The van der Waals surface area contributed by atoms with Gasteiger partial charge in [-0.2, -0.15) is 5.10 Å². The second kappa shape index (κ2) is 4.47. The lowest BCUT2D eigenvalue weighted by atomic mass is 9.93. The molecule has 0 spiro atoms. The van der Waals surface area contributed by atoms with Crippen molar-refractivity contribution in [1.82, 2.24) is 19.7 Å². The molecule has 0 aliphatic carbocycles. The van der Waals surface area contributed by atoms with Crippen molar-refractivity contribution in [2.45, 2.75) is 39.7 Å². The minimum absolute atomic E-state index is 0.224. The fourth-order valence-corrected chi connectivity index (χ4v) is 2.24. The molecule has 94 valence electrons. The summed E-state index contributed by atoms with van der Waals surface area (Å²) < 4.78 is 1.86. The Balaban J connectivity index is 2.05. The van der Waals surface area contributed by atoms with Crippen molar-refractivity contribution < 1.29 is 4.79 Å². The van der Waals surface area contributed by atoms with Gasteiger partial charge in [-0.15, -0.1) is 0 Å². The van der Waals surface area contributed by atoms with Crippen LogP contribution >= 0.6 is 0 Å². The topological polar surface area (TPSA) is 51.0 Å². The first-order valence-corrected chi connectivity index (χ1v) is 6.12. The molecule has 2 rings (SSSR count). The molecule has 5 heteroatoms. The van der Waals surface area contributed by atoms with Gasteiger partial charge >= 0.3 is 0 Å². The minimum atomic E-state index is -0.301. The SMILES string of the molecule is CC(C)(C)C(=O)N1CCCC(n2cncn2)C1. The monoisotopic (exact) mass is 236 g/mol. The first-order valence-electron chi connectivity index (χ1n) is 6.12. The Morgan fingerprint density at radius 1 is 1.41 bits per heavy atom. The van der Waals surface area contributed by atoms with Crippen LogP contribution in [0.2, 0.25) is 0 Å². The van der Waals surface area contributed by atoms with Crippen LogP contribution in [0.5, 0.6) is 0 Å². The van der Waals surface area contributed by atoms with Gasteiger partial charge in [0.1, 0.15) is 12.7 Å². The number of aromatic nitrogens is 3. The highest BCUT2D eigenvalue weighted by Crippen LogP contribution is 2.25. The molecule has 1 saturated heterocycles. The van der Waals surface area contributed by atoms with E-state index in [1.54, 1.807) is 12.7 Å². The summed E-state index contributed by atoms with van der Waals surface area (Å²) in [6, 6.07) is 0.276. The van der Waals surface area contributed by atoms with Crippen LogP contribution in [0.4, 0.5) is 0 Å². The van der Waals surface area contributed by atoms with Gasteiger partial charge in [-0.3, -0.25) is 4.79 Å². The largest absolute Gasteiger partial charge is 0.340 e. The molecule has 2 heterocycles. The Hall–Kier alpha value is -1.39. The van der Waals surface area contributed by atoms with Crippen molar-refractivity contribution in [3.63, 3.8) is 0 Å². The predicted octanol–water partition coefficient (Wildman–Crippen LogP) is 1.49. The molecule has 1 atom stereocenters. The highest BCUT2D eigenvalue weighted by atomic mass is 16.2. The number of carbonyl (C=O) groups excluding carboxylic acids is 1. The lowest BCUT2D eigenvalue weighted by molar-refractivity contribution is -0.141. The van der Waals surface area contributed by atoms with Crippen LogP contribution < -0.4 is 0 Å². The second-order valence-corrected chi connectivity index (χ2v) is 5.67. The van der Waals surface area contributed by atoms with E-state index < -0.39 is 0 Å². The first-order chi connectivity index (χ1) is 7.98. The molecular formula is C12H20N4O. The normalized spacial score (nSPS) is 21.6. The van der Waals surface area contributed by atoms with Gasteiger partial charge in [-0.1, -0.05) is 20.8 Å². The van der Waals surface area contributed by atoms with E-state index in [9.17, 15) is 4.79 Å². The van der Waals surface area contributed by atoms with Gasteiger partial charge in [-0.25, -0.2) is 9.67 Å². The molecule has 1 aliphatic rings. The van der Waals surface area contributed by atoms with Gasteiger partial charge in [-0.05, 0) is 12.8 Å². The molecule has 1 aromatic heterocycles. The van der Waals surface area contributed by atoms with Crippen molar-refractivity contribution in [2.75, 3.05) is 13.1 Å². The number of rotatable bonds is 1. The van der Waals surface area contributed by atoms with Crippen molar-refractivity contribution in [2.24, 2.45) is 5.41 Å². The van der Waals surface area contributed by atoms with Crippen LogP contribution in [-0.2, 0) is 4.79 Å². The van der Waals surface area contributed by atoms with E-state index in [-0.39, 0.29) is 17.4 Å². The summed E-state index contributed by atoms with van der Waals surface area (Å²) in [5.41, 5.74) is -0.301. The zero-order valence-corrected chi connectivity index (χ0v) is 10.8. The van der Waals surface area contributed by atoms with Crippen LogP contribution in [0.3, 0.4) is 0 Å². The maximum Gasteiger partial charge on any atom is 0.228 e. The molecule has 0 aromatic carbocycles. The summed E-state index contributed by atoms with van der Waals surface area (Å²) in [4.78, 5) is 18.1. The third-order valence-corrected chi connectivity index (χ3v) is 3.14. The zero-order chi connectivity index (χ0) is 12.5. The van der Waals surface area contributed by atoms with Crippen LogP contribution in [0.1, 0.15) is 39.7 Å². The predicted molar refractivity (Wildman–Crippen MR) is 64.3 cm³/mol. The fraction of sp³-hybridized carbons (Fsp3) is 0.750. The molecule has 5 nitrogen and oxygen atoms in total. The zero-order valence-electron chi connectivity index (χ0n) is 10.8. The van der Waals surface area contributed by atoms with Gasteiger partial charge in [0.25, 0.3) is 0 Å². The Morgan fingerprint density at radius 3 is 2.76 bits per heavy atom. The van der Waals surface area contributed by atoms with E-state index in [1.165, 1.54) is 0 Å². The first kappa shape index (κ1) is 12.1. The Labute approximate surface area is 102 Å². The smallest absolute Gasteiger partial charge is 0.228 e. The number of likely N-dealkylation sites (tertiary alicyclic amines) is 1. The van der Waals surface area contributed by atoms with Gasteiger partial charge in [0, 0.05) is 18.5 Å². The quantitative estimate of drug-likeness (QED) is 0.742. The number of amides is 1. The number of hydrogen-bond donors (Lipinski definition) is 0. The highest BCUT2D eigenvalue weighted by Gasteiger charge is 2.31. The summed E-state index contributed by atoms with van der Waals surface area (Å²) in [6.45, 7) is 7.51. The number of nitrogens with zero attached hydrogens (tertiary/aromatic N) is 4. The van der Waals surface area contributed by atoms with Crippen LogP contribution in [0.25, 0.3) is 0 Å². The molecule has 1 amide bonds. The molecule has 1 fully saturated rings. The van der Waals surface area contributed by atoms with Crippen molar-refractivity contribution in [3.8, 4) is 0 Å². The molecule has 0 saturated carbocycles. The standard InChI is InChI=1S/C12H20N4O/c1-12(2,3)11(17)15-6-4-5-10(7-15)16-9-13-8-14-16/h8-10H,4-7H2,1-3H3. The van der Waals surface area contributed by atoms with Crippen LogP contribution in [0, 0.1) is 5.41 Å². The molecule has 0 radical (unpaired) electrons. The van der Waals surface area contributed by atoms with E-state index in [1.807, 2.05) is 30.4 Å². The third kappa shape index (κ3) is 2.65. The Kier molecular flexibility index (Phi) is 3.17. The average Bonchev–Trinajstić information content (AvgIpc) is 2.80. The van der Waals surface area contributed by atoms with Gasteiger partial charge in [0.2, 0.25) is 5.91 Å². The Morgan fingerprint density at radius 2 is 2.18 bits per heavy atom. The molecule has 17 heavy (non-hydrogen) atoms. The van der Waals surface area contributed by atoms with E-state index in [0.29, 0.717) is 0 Å². The van der Waals surface area contributed by atoms with Crippen molar-refractivity contribution in [1.29, 1.82) is 0 Å². The fourth-order valence-electron chi connectivity index (χ4n) is 2.24. The van der Waals surface area contributed by atoms with E-state index >= 15 is 0 Å². The molecule has 0 N–H and O–H groups in total. The molecule has 1 aromatic rings. The average molecular weight is 236 g/mol. The van der Waals surface area contributed by atoms with Gasteiger partial charge in [0.05, 0.1) is 6.04 Å². The van der Waals surface area contributed by atoms with E-state index in [0.717, 1.165) is 25.9 Å². The van der Waals surface area contributed by atoms with Crippen molar-refractivity contribution >= 4 is 5.91 Å². The molecule has 1 unspecified atom stereocenters. The van der Waals surface area contributed by atoms with Gasteiger partial charge in [0.15, 0.2) is 0 Å². The van der Waals surface area contributed by atoms with Crippen LogP contribution in [-0.4, -0.2) is 38.7 Å². The maximum absolute atomic E-state index is 12.2. The number of hydrogen-bond acceptors (Lipinski definition) is 3. The molecule has 1 aliphatic heterocycles. The highest BCUT2D eigenvalue weighted by molar-refractivity contribution is 5.81. The second-order valence-electron chi connectivity index (χ2n) is 5.67. The number of piperidine rings is 1. The number of carbonyl (C=O) groups is 1. The minimum Gasteiger partial charge on any atom is -0.340 e. The van der Waals surface area contributed by atoms with Crippen molar-refractivity contribution in [3.05, 3.63) is 12.7 Å².